The maximum absolute atomic E-state index is 13.8. The minimum Gasteiger partial charge on any atom is -0.394 e. The molecule has 0 saturated carbocycles. The molecule has 1 fully saturated rings. The van der Waals surface area contributed by atoms with Crippen LogP contribution in [0.2, 0.25) is 0 Å². The summed E-state index contributed by atoms with van der Waals surface area (Å²) in [6, 6.07) is 15.3. The number of carbonyl (C=O) groups is 2. The Kier molecular flexibility index (Phi) is 7.73. The fourth-order valence-corrected chi connectivity index (χ4v) is 4.30. The van der Waals surface area contributed by atoms with Crippen molar-refractivity contribution in [2.75, 3.05) is 13.2 Å². The van der Waals surface area contributed by atoms with Gasteiger partial charge in [0, 0.05) is 18.5 Å². The van der Waals surface area contributed by atoms with Gasteiger partial charge in [-0.15, -0.1) is 0 Å². The van der Waals surface area contributed by atoms with Gasteiger partial charge in [0.15, 0.2) is 0 Å². The average Bonchev–Trinajstić information content (AvgIpc) is 3.01. The van der Waals surface area contributed by atoms with Gasteiger partial charge in [0.05, 0.1) is 17.6 Å². The summed E-state index contributed by atoms with van der Waals surface area (Å²) >= 11 is 6.34. The van der Waals surface area contributed by atoms with E-state index in [0.29, 0.717) is 21.2 Å². The molecule has 1 atom stereocenters. The molecule has 156 valence electrons. The molecule has 1 saturated heterocycles. The highest BCUT2D eigenvalue weighted by atomic mass is 32.2. The van der Waals surface area contributed by atoms with Crippen molar-refractivity contribution in [2.24, 2.45) is 0 Å². The third-order valence-electron chi connectivity index (χ3n) is 4.54. The van der Waals surface area contributed by atoms with Crippen LogP contribution in [0.1, 0.15) is 17.5 Å². The number of aliphatic hydroxyl groups excluding tert-OH is 1. The molecule has 0 spiro atoms. The van der Waals surface area contributed by atoms with Crippen LogP contribution in [0.4, 0.5) is 4.39 Å². The standard InChI is InChI=1S/C22H21FN2O3S2/c23-18-9-5-4-8-16(18)13-19-21(28)25(22(29)30-19)11-10-20(27)24-17(14-26)12-15-6-2-1-3-7-15/h1-9,13,17,26H,10-12,14H2,(H,24,27)/b19-13-/t17-/m1/s1. The van der Waals surface area contributed by atoms with Crippen molar-refractivity contribution in [3.8, 4) is 0 Å². The molecular formula is C22H21FN2O3S2. The molecule has 2 aromatic rings. The van der Waals surface area contributed by atoms with E-state index in [1.165, 1.54) is 17.0 Å². The maximum Gasteiger partial charge on any atom is 0.266 e. The number of thioether (sulfide) groups is 1. The number of carbonyl (C=O) groups excluding carboxylic acids is 2. The van der Waals surface area contributed by atoms with Crippen LogP contribution in [0.3, 0.4) is 0 Å². The highest BCUT2D eigenvalue weighted by molar-refractivity contribution is 8.26. The highest BCUT2D eigenvalue weighted by Gasteiger charge is 2.32. The fourth-order valence-electron chi connectivity index (χ4n) is 3.00. The lowest BCUT2D eigenvalue weighted by Crippen LogP contribution is -2.41. The second-order valence-corrected chi connectivity index (χ2v) is 8.42. The van der Waals surface area contributed by atoms with E-state index in [2.05, 4.69) is 5.32 Å². The van der Waals surface area contributed by atoms with Crippen LogP contribution in [-0.4, -0.2) is 45.3 Å². The smallest absolute Gasteiger partial charge is 0.266 e. The predicted molar refractivity (Wildman–Crippen MR) is 120 cm³/mol. The number of aliphatic hydroxyl groups is 1. The minimum atomic E-state index is -0.421. The lowest BCUT2D eigenvalue weighted by atomic mass is 10.1. The summed E-state index contributed by atoms with van der Waals surface area (Å²) in [5, 5.41) is 12.3. The van der Waals surface area contributed by atoms with E-state index in [1.807, 2.05) is 30.3 Å². The first-order chi connectivity index (χ1) is 14.5. The molecule has 0 aliphatic carbocycles. The molecule has 1 aliphatic heterocycles. The summed E-state index contributed by atoms with van der Waals surface area (Å²) in [5.74, 6) is -1.04. The zero-order valence-electron chi connectivity index (χ0n) is 16.1. The predicted octanol–water partition coefficient (Wildman–Crippen LogP) is 3.14. The Bertz CT molecular complexity index is 966. The van der Waals surface area contributed by atoms with Crippen molar-refractivity contribution in [2.45, 2.75) is 18.9 Å². The largest absolute Gasteiger partial charge is 0.394 e. The molecule has 0 bridgehead atoms. The molecule has 2 amide bonds. The van der Waals surface area contributed by atoms with Crippen LogP contribution < -0.4 is 5.32 Å². The van der Waals surface area contributed by atoms with Crippen LogP contribution in [0.25, 0.3) is 6.08 Å². The van der Waals surface area contributed by atoms with Crippen LogP contribution in [0.15, 0.2) is 59.5 Å². The minimum absolute atomic E-state index is 0.0463. The van der Waals surface area contributed by atoms with Crippen molar-refractivity contribution >= 4 is 46.2 Å². The second kappa shape index (κ2) is 10.5. The summed E-state index contributed by atoms with van der Waals surface area (Å²) < 4.78 is 14.2. The molecule has 0 aromatic heterocycles. The summed E-state index contributed by atoms with van der Waals surface area (Å²) in [5.41, 5.74) is 1.31. The van der Waals surface area contributed by atoms with Gasteiger partial charge in [0.25, 0.3) is 5.91 Å². The van der Waals surface area contributed by atoms with Crippen molar-refractivity contribution in [3.63, 3.8) is 0 Å². The van der Waals surface area contributed by atoms with Gasteiger partial charge in [-0.2, -0.15) is 0 Å². The number of nitrogens with zero attached hydrogens (tertiary/aromatic N) is 1. The highest BCUT2D eigenvalue weighted by Crippen LogP contribution is 2.32. The monoisotopic (exact) mass is 444 g/mol. The van der Waals surface area contributed by atoms with Crippen molar-refractivity contribution in [1.29, 1.82) is 0 Å². The fraction of sp³-hybridized carbons (Fsp3) is 0.227. The Morgan fingerprint density at radius 3 is 2.60 bits per heavy atom. The van der Waals surface area contributed by atoms with Crippen LogP contribution in [-0.2, 0) is 16.0 Å². The molecule has 1 aliphatic rings. The summed E-state index contributed by atoms with van der Waals surface area (Å²) in [7, 11) is 0. The maximum atomic E-state index is 13.8. The van der Waals surface area contributed by atoms with E-state index < -0.39 is 11.9 Å². The first-order valence-corrected chi connectivity index (χ1v) is 10.6. The number of hydrogen-bond acceptors (Lipinski definition) is 5. The molecule has 8 heteroatoms. The van der Waals surface area contributed by atoms with E-state index in [0.717, 1.165) is 17.3 Å². The molecule has 1 heterocycles. The second-order valence-electron chi connectivity index (χ2n) is 6.74. The zero-order chi connectivity index (χ0) is 21.5. The number of hydrogen-bond donors (Lipinski definition) is 2. The van der Waals surface area contributed by atoms with Crippen LogP contribution in [0.5, 0.6) is 0 Å². The first-order valence-electron chi connectivity index (χ1n) is 9.42. The molecule has 2 aromatic carbocycles. The van der Waals surface area contributed by atoms with E-state index in [9.17, 15) is 19.1 Å². The number of amides is 2. The number of nitrogens with one attached hydrogen (secondary N) is 1. The SMILES string of the molecule is O=C(CCN1C(=O)/C(=C/c2ccccc2F)SC1=S)N[C@@H](CO)Cc1ccccc1. The van der Waals surface area contributed by atoms with E-state index in [1.54, 1.807) is 18.2 Å². The van der Waals surface area contributed by atoms with Crippen molar-refractivity contribution < 1.29 is 19.1 Å². The van der Waals surface area contributed by atoms with Gasteiger partial charge in [-0.05, 0) is 24.1 Å². The molecule has 2 N–H and O–H groups in total. The average molecular weight is 445 g/mol. The van der Waals surface area contributed by atoms with E-state index in [-0.39, 0.29) is 31.4 Å². The quantitative estimate of drug-likeness (QED) is 0.484. The molecular weight excluding hydrogens is 423 g/mol. The molecule has 0 radical (unpaired) electrons. The van der Waals surface area contributed by atoms with Crippen molar-refractivity contribution in [3.05, 3.63) is 76.4 Å². The number of benzene rings is 2. The normalized spacial score (nSPS) is 16.2. The summed E-state index contributed by atoms with van der Waals surface area (Å²) in [6.07, 6.45) is 2.02. The van der Waals surface area contributed by atoms with Gasteiger partial charge in [0.2, 0.25) is 5.91 Å². The number of thiocarbonyl (C=S) groups is 1. The van der Waals surface area contributed by atoms with Crippen LogP contribution >= 0.6 is 24.0 Å². The van der Waals surface area contributed by atoms with Gasteiger partial charge < -0.3 is 10.4 Å². The Morgan fingerprint density at radius 1 is 1.20 bits per heavy atom. The Balaban J connectivity index is 1.56. The number of rotatable bonds is 8. The zero-order valence-corrected chi connectivity index (χ0v) is 17.7. The third kappa shape index (κ3) is 5.75. The molecule has 30 heavy (non-hydrogen) atoms. The lowest BCUT2D eigenvalue weighted by Gasteiger charge is -2.18. The third-order valence-corrected chi connectivity index (χ3v) is 5.92. The Morgan fingerprint density at radius 2 is 1.90 bits per heavy atom. The Labute approximate surface area is 184 Å². The van der Waals surface area contributed by atoms with Gasteiger partial charge in [-0.25, -0.2) is 4.39 Å². The van der Waals surface area contributed by atoms with Gasteiger partial charge in [0.1, 0.15) is 10.1 Å². The van der Waals surface area contributed by atoms with Gasteiger partial charge in [-0.3, -0.25) is 14.5 Å². The molecule has 3 rings (SSSR count). The molecule has 5 nitrogen and oxygen atoms in total. The van der Waals surface area contributed by atoms with Gasteiger partial charge >= 0.3 is 0 Å². The first kappa shape index (κ1) is 22.1. The molecule has 0 unspecified atom stereocenters. The number of halogens is 1. The summed E-state index contributed by atoms with van der Waals surface area (Å²) in [6.45, 7) is -0.0678. The Hall–Kier alpha value is -2.55. The van der Waals surface area contributed by atoms with Crippen molar-refractivity contribution in [1.82, 2.24) is 10.2 Å². The van der Waals surface area contributed by atoms with E-state index in [4.69, 9.17) is 12.2 Å². The van der Waals surface area contributed by atoms with Gasteiger partial charge in [-0.1, -0.05) is 72.5 Å². The van der Waals surface area contributed by atoms with Crippen LogP contribution in [0, 0.1) is 5.82 Å². The van der Waals surface area contributed by atoms with E-state index >= 15 is 0 Å². The topological polar surface area (TPSA) is 69.6 Å². The summed E-state index contributed by atoms with van der Waals surface area (Å²) in [4.78, 5) is 26.6. The lowest BCUT2D eigenvalue weighted by molar-refractivity contribution is -0.124.